The molecule has 29 heavy (non-hydrogen) atoms. The molecule has 3 fully saturated rings. The van der Waals surface area contributed by atoms with Crippen molar-refractivity contribution in [1.29, 1.82) is 0 Å². The molecule has 4 rings (SSSR count). The van der Waals surface area contributed by atoms with Crippen molar-refractivity contribution < 1.29 is 8.42 Å². The molecule has 1 spiro atoms. The number of rotatable bonds is 5. The van der Waals surface area contributed by atoms with Crippen molar-refractivity contribution in [2.75, 3.05) is 32.7 Å². The minimum atomic E-state index is -3.40. The molecule has 2 aliphatic heterocycles. The molecule has 0 bridgehead atoms. The number of aliphatic imine (C=N–C) groups is 1. The zero-order chi connectivity index (χ0) is 20.3. The predicted molar refractivity (Wildman–Crippen MR) is 116 cm³/mol. The highest BCUT2D eigenvalue weighted by atomic mass is 32.2. The zero-order valence-corrected chi connectivity index (χ0v) is 18.4. The second-order valence-electron chi connectivity index (χ2n) is 8.81. The van der Waals surface area contributed by atoms with Crippen LogP contribution in [0.4, 0.5) is 0 Å². The Balaban J connectivity index is 1.47. The molecule has 1 N–H and O–H groups in total. The van der Waals surface area contributed by atoms with Crippen LogP contribution in [0.2, 0.25) is 0 Å². The zero-order valence-electron chi connectivity index (χ0n) is 17.6. The molecule has 160 valence electrons. The number of piperidine rings is 1. The SMILES string of the molecule is CCNC(=NCc1cccc(S(=O)(=O)N2CCCCC2)c1)N1CCC2(CCC2)C1. The third-order valence-electron chi connectivity index (χ3n) is 6.75. The number of hydrogen-bond donors (Lipinski definition) is 1. The number of hydrogen-bond acceptors (Lipinski definition) is 3. The van der Waals surface area contributed by atoms with Gasteiger partial charge in [0.15, 0.2) is 5.96 Å². The van der Waals surface area contributed by atoms with E-state index in [1.807, 2.05) is 12.1 Å². The summed E-state index contributed by atoms with van der Waals surface area (Å²) >= 11 is 0. The molecule has 0 atom stereocenters. The van der Waals surface area contributed by atoms with Crippen LogP contribution in [0, 0.1) is 5.41 Å². The number of nitrogens with one attached hydrogen (secondary N) is 1. The van der Waals surface area contributed by atoms with Gasteiger partial charge in [0.1, 0.15) is 0 Å². The third-order valence-corrected chi connectivity index (χ3v) is 8.64. The van der Waals surface area contributed by atoms with E-state index < -0.39 is 10.0 Å². The average Bonchev–Trinajstić information content (AvgIpc) is 3.18. The van der Waals surface area contributed by atoms with Crippen LogP contribution < -0.4 is 5.32 Å². The first-order chi connectivity index (χ1) is 14.0. The van der Waals surface area contributed by atoms with Crippen LogP contribution in [-0.4, -0.2) is 56.3 Å². The third kappa shape index (κ3) is 4.45. The lowest BCUT2D eigenvalue weighted by atomic mass is 9.68. The van der Waals surface area contributed by atoms with Gasteiger partial charge in [-0.25, -0.2) is 13.4 Å². The summed E-state index contributed by atoms with van der Waals surface area (Å²) in [6.45, 7) is 6.85. The highest BCUT2D eigenvalue weighted by Crippen LogP contribution is 2.47. The minimum absolute atomic E-state index is 0.395. The summed E-state index contributed by atoms with van der Waals surface area (Å²) in [6.07, 6.45) is 8.34. The molecule has 0 unspecified atom stereocenters. The first-order valence-electron chi connectivity index (χ1n) is 11.1. The van der Waals surface area contributed by atoms with Crippen molar-refractivity contribution in [3.8, 4) is 0 Å². The number of sulfonamides is 1. The Bertz CT molecular complexity index is 842. The maximum Gasteiger partial charge on any atom is 0.243 e. The summed E-state index contributed by atoms with van der Waals surface area (Å²) in [5.74, 6) is 0.959. The molecule has 1 aliphatic carbocycles. The Labute approximate surface area is 175 Å². The number of likely N-dealkylation sites (tertiary alicyclic amines) is 1. The fraction of sp³-hybridized carbons (Fsp3) is 0.682. The van der Waals surface area contributed by atoms with Gasteiger partial charge in [-0.1, -0.05) is 25.0 Å². The molecule has 1 saturated carbocycles. The number of benzene rings is 1. The van der Waals surface area contributed by atoms with E-state index in [9.17, 15) is 8.42 Å². The van der Waals surface area contributed by atoms with Crippen LogP contribution >= 0.6 is 0 Å². The molecule has 1 aromatic carbocycles. The Morgan fingerprint density at radius 2 is 1.90 bits per heavy atom. The maximum atomic E-state index is 13.0. The smallest absolute Gasteiger partial charge is 0.243 e. The van der Waals surface area contributed by atoms with Crippen LogP contribution in [0.3, 0.4) is 0 Å². The van der Waals surface area contributed by atoms with E-state index in [0.717, 1.165) is 50.4 Å². The molecule has 0 aromatic heterocycles. The van der Waals surface area contributed by atoms with Gasteiger partial charge in [0.25, 0.3) is 0 Å². The summed E-state index contributed by atoms with van der Waals surface area (Å²) in [5, 5.41) is 3.43. The second-order valence-corrected chi connectivity index (χ2v) is 10.7. The van der Waals surface area contributed by atoms with Gasteiger partial charge in [-0.3, -0.25) is 0 Å². The lowest BCUT2D eigenvalue weighted by molar-refractivity contribution is 0.151. The van der Waals surface area contributed by atoms with E-state index in [4.69, 9.17) is 4.99 Å². The lowest BCUT2D eigenvalue weighted by Gasteiger charge is -2.38. The van der Waals surface area contributed by atoms with Gasteiger partial charge in [-0.2, -0.15) is 4.31 Å². The molecule has 1 aromatic rings. The van der Waals surface area contributed by atoms with Gasteiger partial charge < -0.3 is 10.2 Å². The van der Waals surface area contributed by atoms with Crippen LogP contribution in [0.15, 0.2) is 34.2 Å². The average molecular weight is 419 g/mol. The van der Waals surface area contributed by atoms with Gasteiger partial charge in [0, 0.05) is 32.7 Å². The molecular weight excluding hydrogens is 384 g/mol. The van der Waals surface area contributed by atoms with Crippen molar-refractivity contribution in [3.05, 3.63) is 29.8 Å². The summed E-state index contributed by atoms with van der Waals surface area (Å²) < 4.78 is 27.6. The van der Waals surface area contributed by atoms with Crippen LogP contribution in [0.5, 0.6) is 0 Å². The van der Waals surface area contributed by atoms with Crippen LogP contribution in [0.1, 0.15) is 57.4 Å². The van der Waals surface area contributed by atoms with Crippen LogP contribution in [-0.2, 0) is 16.6 Å². The summed E-state index contributed by atoms with van der Waals surface area (Å²) in [4.78, 5) is 7.63. The van der Waals surface area contributed by atoms with Crippen molar-refractivity contribution in [2.24, 2.45) is 10.4 Å². The highest BCUT2D eigenvalue weighted by molar-refractivity contribution is 7.89. The highest BCUT2D eigenvalue weighted by Gasteiger charge is 2.43. The molecular formula is C22H34N4O2S. The monoisotopic (exact) mass is 418 g/mol. The fourth-order valence-corrected chi connectivity index (χ4v) is 6.44. The molecule has 6 nitrogen and oxygen atoms in total. The lowest BCUT2D eigenvalue weighted by Crippen LogP contribution is -2.42. The van der Waals surface area contributed by atoms with Gasteiger partial charge in [-0.15, -0.1) is 0 Å². The van der Waals surface area contributed by atoms with Crippen molar-refractivity contribution >= 4 is 16.0 Å². The predicted octanol–water partition coefficient (Wildman–Crippen LogP) is 3.20. The van der Waals surface area contributed by atoms with Crippen LogP contribution in [0.25, 0.3) is 0 Å². The molecule has 0 radical (unpaired) electrons. The quantitative estimate of drug-likeness (QED) is 0.589. The summed E-state index contributed by atoms with van der Waals surface area (Å²) in [5.41, 5.74) is 1.47. The minimum Gasteiger partial charge on any atom is -0.357 e. The standard InChI is InChI=1S/C22H34N4O2S/c1-2-23-21(25-15-12-22(18-25)10-7-11-22)24-17-19-8-6-9-20(16-19)29(27,28)26-13-4-3-5-14-26/h6,8-9,16H,2-5,7,10-15,17-18H2,1H3,(H,23,24). The van der Waals surface area contributed by atoms with E-state index in [2.05, 4.69) is 17.1 Å². The maximum absolute atomic E-state index is 13.0. The van der Waals surface area contributed by atoms with Crippen molar-refractivity contribution in [1.82, 2.24) is 14.5 Å². The number of guanidine groups is 1. The van der Waals surface area contributed by atoms with Gasteiger partial charge in [0.2, 0.25) is 10.0 Å². The van der Waals surface area contributed by atoms with Crippen molar-refractivity contribution in [2.45, 2.75) is 63.3 Å². The Hall–Kier alpha value is -1.60. The van der Waals surface area contributed by atoms with E-state index in [1.165, 1.54) is 25.7 Å². The van der Waals surface area contributed by atoms with E-state index >= 15 is 0 Å². The Morgan fingerprint density at radius 1 is 1.10 bits per heavy atom. The largest absolute Gasteiger partial charge is 0.357 e. The first-order valence-corrected chi connectivity index (χ1v) is 12.6. The molecule has 2 saturated heterocycles. The summed E-state index contributed by atoms with van der Waals surface area (Å²) in [6, 6.07) is 7.32. The van der Waals surface area contributed by atoms with E-state index in [1.54, 1.807) is 16.4 Å². The Morgan fingerprint density at radius 3 is 2.55 bits per heavy atom. The molecule has 3 aliphatic rings. The summed E-state index contributed by atoms with van der Waals surface area (Å²) in [7, 11) is -3.40. The van der Waals surface area contributed by atoms with Gasteiger partial charge in [-0.05, 0) is 62.1 Å². The molecule has 7 heteroatoms. The topological polar surface area (TPSA) is 65.0 Å². The number of nitrogens with zero attached hydrogens (tertiary/aromatic N) is 3. The normalized spacial score (nSPS) is 22.7. The van der Waals surface area contributed by atoms with Gasteiger partial charge >= 0.3 is 0 Å². The first kappa shape index (κ1) is 20.7. The van der Waals surface area contributed by atoms with Crippen molar-refractivity contribution in [3.63, 3.8) is 0 Å². The Kier molecular flexibility index (Phi) is 6.16. The second kappa shape index (κ2) is 8.64. The van der Waals surface area contributed by atoms with E-state index in [0.29, 0.717) is 29.9 Å². The van der Waals surface area contributed by atoms with Gasteiger partial charge in [0.05, 0.1) is 11.4 Å². The van der Waals surface area contributed by atoms with E-state index in [-0.39, 0.29) is 0 Å². The molecule has 0 amide bonds. The molecule has 2 heterocycles. The fourth-order valence-electron chi connectivity index (χ4n) is 4.85.